The summed E-state index contributed by atoms with van der Waals surface area (Å²) in [7, 11) is 1.63. The van der Waals surface area contributed by atoms with Gasteiger partial charge in [-0.05, 0) is 19.8 Å². The van der Waals surface area contributed by atoms with Crippen molar-refractivity contribution < 1.29 is 9.53 Å². The molecule has 100 valence electrons. The number of nitrogens with zero attached hydrogens (tertiary/aromatic N) is 2. The van der Waals surface area contributed by atoms with E-state index in [2.05, 4.69) is 10.4 Å². The second kappa shape index (κ2) is 6.29. The third-order valence-electron chi connectivity index (χ3n) is 3.28. The zero-order chi connectivity index (χ0) is 13.0. The van der Waals surface area contributed by atoms with Gasteiger partial charge in [0.05, 0.1) is 18.0 Å². The van der Waals surface area contributed by atoms with Gasteiger partial charge in [0, 0.05) is 37.2 Å². The van der Waals surface area contributed by atoms with E-state index >= 15 is 0 Å². The summed E-state index contributed by atoms with van der Waals surface area (Å²) in [5.74, 6) is 0.624. The minimum absolute atomic E-state index is 0.204. The molecule has 0 saturated carbocycles. The maximum absolute atomic E-state index is 12.0. The van der Waals surface area contributed by atoms with Crippen LogP contribution in [0.15, 0.2) is 5.38 Å². The van der Waals surface area contributed by atoms with E-state index in [0.717, 1.165) is 31.6 Å². The molecule has 1 aliphatic rings. The van der Waals surface area contributed by atoms with Crippen molar-refractivity contribution in [3.8, 4) is 0 Å². The Bertz CT molecular complexity index is 405. The smallest absolute Gasteiger partial charge is 0.224 e. The monoisotopic (exact) mass is 268 g/mol. The second-order valence-corrected chi connectivity index (χ2v) is 5.64. The van der Waals surface area contributed by atoms with E-state index in [1.54, 1.807) is 18.4 Å². The van der Waals surface area contributed by atoms with E-state index in [9.17, 15) is 4.79 Å². The van der Waals surface area contributed by atoms with E-state index in [1.807, 2.05) is 11.8 Å². The Morgan fingerprint density at radius 3 is 3.17 bits per heavy atom. The fourth-order valence-electron chi connectivity index (χ4n) is 2.31. The van der Waals surface area contributed by atoms with Crippen molar-refractivity contribution in [3.63, 3.8) is 0 Å². The van der Waals surface area contributed by atoms with Gasteiger partial charge in [-0.1, -0.05) is 0 Å². The SMILES string of the molecule is COCCC(=O)N1CCCC(c2nc(C)cs2)C1. The standard InChI is InChI=1S/C13H20N2O2S/c1-10-9-18-13(14-10)11-4-3-6-15(8-11)12(16)5-7-17-2/h9,11H,3-8H2,1-2H3. The summed E-state index contributed by atoms with van der Waals surface area (Å²) in [5, 5.41) is 3.26. The van der Waals surface area contributed by atoms with E-state index in [0.29, 0.717) is 18.9 Å². The zero-order valence-corrected chi connectivity index (χ0v) is 11.8. The molecule has 1 aromatic heterocycles. The lowest BCUT2D eigenvalue weighted by Gasteiger charge is -2.31. The first-order valence-corrected chi connectivity index (χ1v) is 7.27. The number of rotatable bonds is 4. The molecule has 0 aliphatic carbocycles. The van der Waals surface area contributed by atoms with Crippen molar-refractivity contribution in [1.82, 2.24) is 9.88 Å². The summed E-state index contributed by atoms with van der Waals surface area (Å²) < 4.78 is 4.96. The molecule has 1 amide bonds. The van der Waals surface area contributed by atoms with Gasteiger partial charge in [-0.15, -0.1) is 11.3 Å². The van der Waals surface area contributed by atoms with Crippen LogP contribution in [0, 0.1) is 6.92 Å². The highest BCUT2D eigenvalue weighted by Gasteiger charge is 2.26. The number of likely N-dealkylation sites (tertiary alicyclic amines) is 1. The van der Waals surface area contributed by atoms with Gasteiger partial charge in [0.2, 0.25) is 5.91 Å². The number of amides is 1. The molecule has 2 rings (SSSR count). The first-order valence-electron chi connectivity index (χ1n) is 6.39. The predicted molar refractivity (Wildman–Crippen MR) is 71.9 cm³/mol. The number of piperidine rings is 1. The molecule has 1 unspecified atom stereocenters. The molecule has 2 heterocycles. The molecule has 5 heteroatoms. The van der Waals surface area contributed by atoms with Gasteiger partial charge in [0.15, 0.2) is 0 Å². The molecule has 1 aromatic rings. The number of methoxy groups -OCH3 is 1. The van der Waals surface area contributed by atoms with Gasteiger partial charge in [-0.3, -0.25) is 4.79 Å². The van der Waals surface area contributed by atoms with E-state index in [1.165, 1.54) is 5.01 Å². The predicted octanol–water partition coefficient (Wildman–Crippen LogP) is 2.19. The average Bonchev–Trinajstić information content (AvgIpc) is 2.83. The molecule has 0 radical (unpaired) electrons. The lowest BCUT2D eigenvalue weighted by atomic mass is 9.98. The van der Waals surface area contributed by atoms with E-state index in [-0.39, 0.29) is 5.91 Å². The van der Waals surface area contributed by atoms with Crippen LogP contribution in [0.5, 0.6) is 0 Å². The van der Waals surface area contributed by atoms with Crippen LogP contribution in [-0.2, 0) is 9.53 Å². The molecule has 0 N–H and O–H groups in total. The van der Waals surface area contributed by atoms with Gasteiger partial charge in [0.1, 0.15) is 0 Å². The fraction of sp³-hybridized carbons (Fsp3) is 0.692. The van der Waals surface area contributed by atoms with Crippen LogP contribution in [0.2, 0.25) is 0 Å². The molecular weight excluding hydrogens is 248 g/mol. The van der Waals surface area contributed by atoms with E-state index < -0.39 is 0 Å². The highest BCUT2D eigenvalue weighted by molar-refractivity contribution is 7.09. The molecule has 0 bridgehead atoms. The van der Waals surface area contributed by atoms with Gasteiger partial charge in [0.25, 0.3) is 0 Å². The van der Waals surface area contributed by atoms with Gasteiger partial charge < -0.3 is 9.64 Å². The maximum Gasteiger partial charge on any atom is 0.224 e. The number of hydrogen-bond acceptors (Lipinski definition) is 4. The molecule has 18 heavy (non-hydrogen) atoms. The van der Waals surface area contributed by atoms with Gasteiger partial charge in [-0.2, -0.15) is 0 Å². The summed E-state index contributed by atoms with van der Waals surface area (Å²) >= 11 is 1.71. The number of carbonyl (C=O) groups excluding carboxylic acids is 1. The van der Waals surface area contributed by atoms with Crippen molar-refractivity contribution in [2.45, 2.75) is 32.1 Å². The maximum atomic E-state index is 12.0. The van der Waals surface area contributed by atoms with Crippen molar-refractivity contribution in [3.05, 3.63) is 16.1 Å². The highest BCUT2D eigenvalue weighted by atomic mass is 32.1. The number of thiazole rings is 1. The molecule has 1 atom stereocenters. The fourth-order valence-corrected chi connectivity index (χ4v) is 3.24. The summed E-state index contributed by atoms with van der Waals surface area (Å²) in [6, 6.07) is 0. The third-order valence-corrected chi connectivity index (χ3v) is 4.41. The van der Waals surface area contributed by atoms with Crippen molar-refractivity contribution in [2.24, 2.45) is 0 Å². The minimum Gasteiger partial charge on any atom is -0.384 e. The first kappa shape index (κ1) is 13.5. The summed E-state index contributed by atoms with van der Waals surface area (Å²) in [6.45, 7) is 4.22. The zero-order valence-electron chi connectivity index (χ0n) is 11.0. The number of aromatic nitrogens is 1. The Kier molecular flexibility index (Phi) is 4.72. The Morgan fingerprint density at radius 2 is 2.50 bits per heavy atom. The highest BCUT2D eigenvalue weighted by Crippen LogP contribution is 2.29. The third kappa shape index (κ3) is 3.29. The minimum atomic E-state index is 0.204. The Labute approximate surface area is 112 Å². The quantitative estimate of drug-likeness (QED) is 0.840. The molecule has 1 saturated heterocycles. The molecule has 0 spiro atoms. The number of ether oxygens (including phenoxy) is 1. The summed E-state index contributed by atoms with van der Waals surface area (Å²) in [6.07, 6.45) is 2.70. The molecule has 4 nitrogen and oxygen atoms in total. The van der Waals surface area contributed by atoms with Crippen molar-refractivity contribution in [1.29, 1.82) is 0 Å². The largest absolute Gasteiger partial charge is 0.384 e. The molecule has 1 aliphatic heterocycles. The van der Waals surface area contributed by atoms with Crippen molar-refractivity contribution in [2.75, 3.05) is 26.8 Å². The van der Waals surface area contributed by atoms with Gasteiger partial charge in [-0.25, -0.2) is 4.98 Å². The summed E-state index contributed by atoms with van der Waals surface area (Å²) in [5.41, 5.74) is 1.08. The number of aryl methyl sites for hydroxylation is 1. The number of carbonyl (C=O) groups is 1. The van der Waals surface area contributed by atoms with Crippen LogP contribution in [-0.4, -0.2) is 42.6 Å². The molecule has 1 fully saturated rings. The first-order chi connectivity index (χ1) is 8.70. The van der Waals surface area contributed by atoms with Crippen LogP contribution in [0.3, 0.4) is 0 Å². The van der Waals surface area contributed by atoms with Crippen molar-refractivity contribution >= 4 is 17.2 Å². The Hall–Kier alpha value is -0.940. The molecule has 0 aromatic carbocycles. The van der Waals surface area contributed by atoms with E-state index in [4.69, 9.17) is 4.74 Å². The second-order valence-electron chi connectivity index (χ2n) is 4.75. The van der Waals surface area contributed by atoms with Crippen LogP contribution in [0.4, 0.5) is 0 Å². The molecular formula is C13H20N2O2S. The van der Waals surface area contributed by atoms with Crippen LogP contribution in [0.25, 0.3) is 0 Å². The Morgan fingerprint density at radius 1 is 1.67 bits per heavy atom. The van der Waals surface area contributed by atoms with Gasteiger partial charge >= 0.3 is 0 Å². The lowest BCUT2D eigenvalue weighted by Crippen LogP contribution is -2.39. The van der Waals surface area contributed by atoms with Crippen LogP contribution in [0.1, 0.15) is 35.9 Å². The van der Waals surface area contributed by atoms with Crippen LogP contribution < -0.4 is 0 Å². The average molecular weight is 268 g/mol. The lowest BCUT2D eigenvalue weighted by molar-refractivity contribution is -0.133. The van der Waals surface area contributed by atoms with Crippen LogP contribution >= 0.6 is 11.3 Å². The number of hydrogen-bond donors (Lipinski definition) is 0. The topological polar surface area (TPSA) is 42.4 Å². The summed E-state index contributed by atoms with van der Waals surface area (Å²) in [4.78, 5) is 18.5. The Balaban J connectivity index is 1.94. The normalized spacial score (nSPS) is 20.1.